The SMILES string of the molecule is CCOC1CC1NC(=O)c1ncccc1Br. The number of carbonyl (C=O) groups is 1. The van der Waals surface area contributed by atoms with Crippen molar-refractivity contribution in [3.63, 3.8) is 0 Å². The zero-order valence-corrected chi connectivity index (χ0v) is 10.5. The molecule has 2 atom stereocenters. The first-order chi connectivity index (χ1) is 7.72. The van der Waals surface area contributed by atoms with E-state index < -0.39 is 0 Å². The molecule has 1 fully saturated rings. The molecule has 1 amide bonds. The van der Waals surface area contributed by atoms with E-state index in [2.05, 4.69) is 26.2 Å². The molecule has 86 valence electrons. The Hall–Kier alpha value is -0.940. The average molecular weight is 285 g/mol. The molecule has 4 nitrogen and oxygen atoms in total. The largest absolute Gasteiger partial charge is 0.376 e. The Labute approximate surface area is 103 Å². The fourth-order valence-corrected chi connectivity index (χ4v) is 1.95. The lowest BCUT2D eigenvalue weighted by Crippen LogP contribution is -2.29. The van der Waals surface area contributed by atoms with Gasteiger partial charge in [-0.05, 0) is 41.4 Å². The van der Waals surface area contributed by atoms with Crippen LogP contribution >= 0.6 is 15.9 Å². The molecule has 1 N–H and O–H groups in total. The van der Waals surface area contributed by atoms with E-state index in [9.17, 15) is 4.79 Å². The van der Waals surface area contributed by atoms with Crippen LogP contribution in [0.4, 0.5) is 0 Å². The second kappa shape index (κ2) is 4.93. The van der Waals surface area contributed by atoms with Crippen LogP contribution < -0.4 is 5.32 Å². The van der Waals surface area contributed by atoms with Crippen LogP contribution in [0.15, 0.2) is 22.8 Å². The van der Waals surface area contributed by atoms with Crippen LogP contribution in [0.2, 0.25) is 0 Å². The summed E-state index contributed by atoms with van der Waals surface area (Å²) in [5, 5.41) is 2.89. The monoisotopic (exact) mass is 284 g/mol. The van der Waals surface area contributed by atoms with Gasteiger partial charge in [0.05, 0.1) is 12.1 Å². The topological polar surface area (TPSA) is 51.2 Å². The molecule has 0 radical (unpaired) electrons. The Kier molecular flexibility index (Phi) is 3.56. The summed E-state index contributed by atoms with van der Waals surface area (Å²) in [7, 11) is 0. The minimum absolute atomic E-state index is 0.140. The van der Waals surface area contributed by atoms with E-state index >= 15 is 0 Å². The maximum Gasteiger partial charge on any atom is 0.271 e. The van der Waals surface area contributed by atoms with Gasteiger partial charge in [0, 0.05) is 17.3 Å². The Balaban J connectivity index is 1.92. The number of ether oxygens (including phenoxy) is 1. The molecule has 0 bridgehead atoms. The number of hydrogen-bond acceptors (Lipinski definition) is 3. The third kappa shape index (κ3) is 2.59. The lowest BCUT2D eigenvalue weighted by atomic mass is 10.3. The zero-order chi connectivity index (χ0) is 11.5. The quantitative estimate of drug-likeness (QED) is 0.917. The first-order valence-corrected chi connectivity index (χ1v) is 6.04. The van der Waals surface area contributed by atoms with Gasteiger partial charge in [0.15, 0.2) is 0 Å². The number of rotatable bonds is 4. The van der Waals surface area contributed by atoms with Crippen molar-refractivity contribution in [3.8, 4) is 0 Å². The highest BCUT2D eigenvalue weighted by molar-refractivity contribution is 9.10. The van der Waals surface area contributed by atoms with Crippen LogP contribution in [0.5, 0.6) is 0 Å². The molecule has 2 rings (SSSR count). The predicted molar refractivity (Wildman–Crippen MR) is 63.2 cm³/mol. The van der Waals surface area contributed by atoms with Gasteiger partial charge in [-0.2, -0.15) is 0 Å². The van der Waals surface area contributed by atoms with E-state index in [0.29, 0.717) is 16.8 Å². The second-order valence-electron chi connectivity index (χ2n) is 3.64. The highest BCUT2D eigenvalue weighted by Crippen LogP contribution is 2.25. The number of nitrogens with zero attached hydrogens (tertiary/aromatic N) is 1. The van der Waals surface area contributed by atoms with E-state index in [0.717, 1.165) is 6.42 Å². The molecule has 5 heteroatoms. The van der Waals surface area contributed by atoms with E-state index in [1.54, 1.807) is 18.3 Å². The molecule has 0 aliphatic heterocycles. The number of amides is 1. The van der Waals surface area contributed by atoms with E-state index in [-0.39, 0.29) is 18.1 Å². The molecule has 1 aromatic rings. The summed E-state index contributed by atoms with van der Waals surface area (Å²) in [5.41, 5.74) is 0.421. The molecule has 16 heavy (non-hydrogen) atoms. The summed E-state index contributed by atoms with van der Waals surface area (Å²) in [6.45, 7) is 2.64. The summed E-state index contributed by atoms with van der Waals surface area (Å²) >= 11 is 3.30. The Bertz CT molecular complexity index is 397. The molecule has 0 aromatic carbocycles. The Morgan fingerprint density at radius 3 is 3.25 bits per heavy atom. The van der Waals surface area contributed by atoms with Gasteiger partial charge in [-0.3, -0.25) is 4.79 Å². The fraction of sp³-hybridized carbons (Fsp3) is 0.455. The highest BCUT2D eigenvalue weighted by atomic mass is 79.9. The maximum absolute atomic E-state index is 11.8. The Morgan fingerprint density at radius 2 is 2.56 bits per heavy atom. The molecular formula is C11H13BrN2O2. The molecule has 1 aromatic heterocycles. The van der Waals surface area contributed by atoms with Crippen molar-refractivity contribution >= 4 is 21.8 Å². The lowest BCUT2D eigenvalue weighted by Gasteiger charge is -2.05. The summed E-state index contributed by atoms with van der Waals surface area (Å²) in [6.07, 6.45) is 2.67. The normalized spacial score (nSPS) is 22.9. The minimum Gasteiger partial charge on any atom is -0.376 e. The van der Waals surface area contributed by atoms with Crippen LogP contribution in [0.3, 0.4) is 0 Å². The number of halogens is 1. The first-order valence-electron chi connectivity index (χ1n) is 5.25. The van der Waals surface area contributed by atoms with Gasteiger partial charge < -0.3 is 10.1 Å². The molecular weight excluding hydrogens is 272 g/mol. The van der Waals surface area contributed by atoms with Crippen molar-refractivity contribution in [1.82, 2.24) is 10.3 Å². The molecule has 1 aliphatic rings. The predicted octanol–water partition coefficient (Wildman–Crippen LogP) is 1.75. The van der Waals surface area contributed by atoms with E-state index in [1.165, 1.54) is 0 Å². The van der Waals surface area contributed by atoms with Crippen molar-refractivity contribution < 1.29 is 9.53 Å². The van der Waals surface area contributed by atoms with Crippen molar-refractivity contribution in [1.29, 1.82) is 0 Å². The van der Waals surface area contributed by atoms with Crippen molar-refractivity contribution in [2.45, 2.75) is 25.5 Å². The fourth-order valence-electron chi connectivity index (χ4n) is 1.51. The molecule has 0 saturated heterocycles. The minimum atomic E-state index is -0.153. The number of aromatic nitrogens is 1. The molecule has 1 saturated carbocycles. The van der Waals surface area contributed by atoms with Crippen LogP contribution in [-0.2, 0) is 4.74 Å². The van der Waals surface area contributed by atoms with Gasteiger partial charge in [0.2, 0.25) is 0 Å². The van der Waals surface area contributed by atoms with Gasteiger partial charge in [-0.1, -0.05) is 0 Å². The van der Waals surface area contributed by atoms with Crippen LogP contribution in [-0.4, -0.2) is 29.6 Å². The maximum atomic E-state index is 11.8. The van der Waals surface area contributed by atoms with Crippen molar-refractivity contribution in [3.05, 3.63) is 28.5 Å². The smallest absolute Gasteiger partial charge is 0.271 e. The Morgan fingerprint density at radius 1 is 1.75 bits per heavy atom. The third-order valence-corrected chi connectivity index (χ3v) is 3.04. The first kappa shape index (κ1) is 11.5. The molecule has 0 spiro atoms. The lowest BCUT2D eigenvalue weighted by molar-refractivity contribution is 0.0909. The molecule has 1 heterocycles. The van der Waals surface area contributed by atoms with Crippen LogP contribution in [0, 0.1) is 0 Å². The number of pyridine rings is 1. The van der Waals surface area contributed by atoms with Crippen LogP contribution in [0.1, 0.15) is 23.8 Å². The van der Waals surface area contributed by atoms with E-state index in [1.807, 2.05) is 6.92 Å². The molecule has 1 aliphatic carbocycles. The van der Waals surface area contributed by atoms with Gasteiger partial charge in [-0.15, -0.1) is 0 Å². The van der Waals surface area contributed by atoms with E-state index in [4.69, 9.17) is 4.74 Å². The number of carbonyl (C=O) groups excluding carboxylic acids is 1. The third-order valence-electron chi connectivity index (χ3n) is 2.40. The molecule has 2 unspecified atom stereocenters. The van der Waals surface area contributed by atoms with Crippen molar-refractivity contribution in [2.24, 2.45) is 0 Å². The summed E-state index contributed by atoms with van der Waals surface area (Å²) in [4.78, 5) is 15.8. The zero-order valence-electron chi connectivity index (χ0n) is 8.94. The standard InChI is InChI=1S/C11H13BrN2O2/c1-2-16-9-6-8(9)14-11(15)10-7(12)4-3-5-13-10/h3-5,8-9H,2,6H2,1H3,(H,14,15). The number of hydrogen-bond donors (Lipinski definition) is 1. The van der Waals surface area contributed by atoms with Gasteiger partial charge in [-0.25, -0.2) is 4.98 Å². The van der Waals surface area contributed by atoms with Gasteiger partial charge in [0.1, 0.15) is 5.69 Å². The number of nitrogens with one attached hydrogen (secondary N) is 1. The second-order valence-corrected chi connectivity index (χ2v) is 4.50. The van der Waals surface area contributed by atoms with Crippen molar-refractivity contribution in [2.75, 3.05) is 6.61 Å². The van der Waals surface area contributed by atoms with Gasteiger partial charge >= 0.3 is 0 Å². The van der Waals surface area contributed by atoms with Crippen LogP contribution in [0.25, 0.3) is 0 Å². The summed E-state index contributed by atoms with van der Waals surface area (Å²) < 4.78 is 6.09. The average Bonchev–Trinajstić information content (AvgIpc) is 2.97. The highest BCUT2D eigenvalue weighted by Gasteiger charge is 2.39. The summed E-state index contributed by atoms with van der Waals surface area (Å²) in [5.74, 6) is -0.153. The van der Waals surface area contributed by atoms with Gasteiger partial charge in [0.25, 0.3) is 5.91 Å². The summed E-state index contributed by atoms with van der Waals surface area (Å²) in [6, 6.07) is 3.72.